The zero-order valence-electron chi connectivity index (χ0n) is 14.6. The van der Waals surface area contributed by atoms with Gasteiger partial charge in [-0.15, -0.1) is 11.3 Å². The summed E-state index contributed by atoms with van der Waals surface area (Å²) in [6, 6.07) is 1.73. The van der Waals surface area contributed by atoms with Gasteiger partial charge in [0, 0.05) is 12.5 Å². The van der Waals surface area contributed by atoms with Crippen LogP contribution in [0, 0.1) is 17.8 Å². The first-order chi connectivity index (χ1) is 12.1. The average molecular weight is 383 g/mol. The van der Waals surface area contributed by atoms with E-state index in [9.17, 15) is 9.59 Å². The van der Waals surface area contributed by atoms with Gasteiger partial charge in [0.15, 0.2) is 5.78 Å². The van der Waals surface area contributed by atoms with Crippen LogP contribution in [0.3, 0.4) is 0 Å². The number of piperidine rings is 1. The van der Waals surface area contributed by atoms with Crippen molar-refractivity contribution in [1.29, 1.82) is 0 Å². The normalized spacial score (nSPS) is 25.8. The van der Waals surface area contributed by atoms with Gasteiger partial charge in [0.25, 0.3) is 0 Å². The van der Waals surface area contributed by atoms with Gasteiger partial charge in [0.2, 0.25) is 5.91 Å². The molecule has 2 fully saturated rings. The van der Waals surface area contributed by atoms with Gasteiger partial charge in [-0.1, -0.05) is 43.7 Å². The maximum absolute atomic E-state index is 12.8. The predicted octanol–water partition coefficient (Wildman–Crippen LogP) is 3.98. The van der Waals surface area contributed by atoms with Crippen molar-refractivity contribution in [2.45, 2.75) is 44.9 Å². The summed E-state index contributed by atoms with van der Waals surface area (Å²) < 4.78 is 0. The van der Waals surface area contributed by atoms with Gasteiger partial charge >= 0.3 is 0 Å². The van der Waals surface area contributed by atoms with Gasteiger partial charge in [-0.25, -0.2) is 0 Å². The van der Waals surface area contributed by atoms with Crippen molar-refractivity contribution in [2.75, 3.05) is 19.6 Å². The number of hydrogen-bond acceptors (Lipinski definition) is 4. The third kappa shape index (κ3) is 4.63. The molecule has 1 aromatic heterocycles. The fraction of sp³-hybridized carbons (Fsp3) is 0.684. The highest BCUT2D eigenvalue weighted by molar-refractivity contribution is 7.12. The SMILES string of the molecule is NC(=O)C1CN(CCC2CCCCC2)CCC1C(=O)c1sccc1Cl. The Morgan fingerprint density at radius 3 is 2.60 bits per heavy atom. The van der Waals surface area contributed by atoms with Crippen molar-refractivity contribution < 1.29 is 9.59 Å². The lowest BCUT2D eigenvalue weighted by Crippen LogP contribution is -2.48. The minimum Gasteiger partial charge on any atom is -0.369 e. The molecule has 1 aliphatic carbocycles. The molecule has 1 aromatic rings. The second kappa shape index (κ2) is 8.65. The van der Waals surface area contributed by atoms with E-state index < -0.39 is 5.92 Å². The third-order valence-electron chi connectivity index (χ3n) is 5.82. The summed E-state index contributed by atoms with van der Waals surface area (Å²) in [7, 11) is 0. The molecule has 0 bridgehead atoms. The Hall–Kier alpha value is -0.910. The number of amides is 1. The average Bonchev–Trinajstić information content (AvgIpc) is 3.06. The Kier molecular flexibility index (Phi) is 6.53. The molecule has 1 aliphatic heterocycles. The van der Waals surface area contributed by atoms with Crippen LogP contribution in [0.1, 0.15) is 54.6 Å². The number of carbonyl (C=O) groups excluding carboxylic acids is 2. The number of likely N-dealkylation sites (tertiary alicyclic amines) is 1. The van der Waals surface area contributed by atoms with Gasteiger partial charge in [-0.05, 0) is 43.3 Å². The summed E-state index contributed by atoms with van der Waals surface area (Å²) in [6.45, 7) is 2.46. The number of Topliss-reactive ketones (excluding diaryl/α,β-unsaturated/α-hetero) is 1. The Labute approximate surface area is 158 Å². The minimum absolute atomic E-state index is 0.0178. The number of thiophene rings is 1. The first-order valence-electron chi connectivity index (χ1n) is 9.35. The summed E-state index contributed by atoms with van der Waals surface area (Å²) in [4.78, 5) is 27.7. The van der Waals surface area contributed by atoms with Gasteiger partial charge in [0.1, 0.15) is 0 Å². The van der Waals surface area contributed by atoms with Crippen LogP contribution >= 0.6 is 22.9 Å². The number of primary amides is 1. The number of rotatable bonds is 6. The summed E-state index contributed by atoms with van der Waals surface area (Å²) in [5, 5.41) is 2.30. The van der Waals surface area contributed by atoms with E-state index in [-0.39, 0.29) is 17.6 Å². The summed E-state index contributed by atoms with van der Waals surface area (Å²) >= 11 is 7.46. The van der Waals surface area contributed by atoms with Crippen LogP contribution in [0.4, 0.5) is 0 Å². The zero-order valence-corrected chi connectivity index (χ0v) is 16.2. The second-order valence-corrected chi connectivity index (χ2v) is 8.78. The fourth-order valence-corrected chi connectivity index (χ4v) is 5.46. The Morgan fingerprint density at radius 2 is 1.96 bits per heavy atom. The van der Waals surface area contributed by atoms with Gasteiger partial charge in [-0.3, -0.25) is 9.59 Å². The second-order valence-electron chi connectivity index (χ2n) is 7.46. The molecule has 4 nitrogen and oxygen atoms in total. The number of nitrogens with zero attached hydrogens (tertiary/aromatic N) is 1. The highest BCUT2D eigenvalue weighted by Crippen LogP contribution is 2.33. The van der Waals surface area contributed by atoms with Gasteiger partial charge in [-0.2, -0.15) is 0 Å². The molecule has 25 heavy (non-hydrogen) atoms. The fourth-order valence-electron chi connectivity index (χ4n) is 4.30. The number of hydrogen-bond donors (Lipinski definition) is 1. The molecule has 2 aliphatic rings. The number of ketones is 1. The van der Waals surface area contributed by atoms with Crippen LogP contribution in [-0.2, 0) is 4.79 Å². The smallest absolute Gasteiger partial charge is 0.222 e. The van der Waals surface area contributed by atoms with Crippen molar-refractivity contribution in [3.8, 4) is 0 Å². The quantitative estimate of drug-likeness (QED) is 0.757. The van der Waals surface area contributed by atoms with E-state index in [2.05, 4.69) is 4.90 Å². The molecule has 2 atom stereocenters. The molecule has 1 amide bonds. The van der Waals surface area contributed by atoms with E-state index in [1.54, 1.807) is 6.07 Å². The van der Waals surface area contributed by atoms with Gasteiger partial charge < -0.3 is 10.6 Å². The van der Waals surface area contributed by atoms with Crippen molar-refractivity contribution in [3.05, 3.63) is 21.3 Å². The zero-order chi connectivity index (χ0) is 17.8. The van der Waals surface area contributed by atoms with Crippen molar-refractivity contribution >= 4 is 34.6 Å². The first kappa shape index (κ1) is 18.9. The van der Waals surface area contributed by atoms with E-state index in [1.807, 2.05) is 5.38 Å². The lowest BCUT2D eigenvalue weighted by Gasteiger charge is -2.37. The highest BCUT2D eigenvalue weighted by Gasteiger charge is 2.38. The molecular formula is C19H27ClN2O2S. The molecule has 0 radical (unpaired) electrons. The molecule has 138 valence electrons. The van der Waals surface area contributed by atoms with Crippen LogP contribution in [-0.4, -0.2) is 36.2 Å². The predicted molar refractivity (Wildman–Crippen MR) is 102 cm³/mol. The summed E-state index contributed by atoms with van der Waals surface area (Å²) in [5.41, 5.74) is 5.64. The van der Waals surface area contributed by atoms with Crippen molar-refractivity contribution in [3.63, 3.8) is 0 Å². The van der Waals surface area contributed by atoms with E-state index in [1.165, 1.54) is 49.9 Å². The molecule has 2 N–H and O–H groups in total. The minimum atomic E-state index is -0.411. The van der Waals surface area contributed by atoms with E-state index in [0.717, 1.165) is 19.0 Å². The van der Waals surface area contributed by atoms with Crippen molar-refractivity contribution in [2.24, 2.45) is 23.5 Å². The standard InChI is InChI=1S/C19H27ClN2O2S/c20-16-8-11-25-18(16)17(23)14-7-10-22(12-15(14)19(21)24)9-6-13-4-2-1-3-5-13/h8,11,13-15H,1-7,9-10,12H2,(H2,21,24). The molecule has 2 heterocycles. The van der Waals surface area contributed by atoms with Crippen LogP contribution in [0.2, 0.25) is 5.02 Å². The van der Waals surface area contributed by atoms with Crippen LogP contribution in [0.25, 0.3) is 0 Å². The lowest BCUT2D eigenvalue weighted by atomic mass is 9.81. The molecule has 1 saturated carbocycles. The Morgan fingerprint density at radius 1 is 1.20 bits per heavy atom. The first-order valence-corrected chi connectivity index (χ1v) is 10.6. The molecular weight excluding hydrogens is 356 g/mol. The van der Waals surface area contributed by atoms with Crippen LogP contribution < -0.4 is 5.73 Å². The molecule has 2 unspecified atom stereocenters. The summed E-state index contributed by atoms with van der Waals surface area (Å²) in [5.74, 6) is -0.306. The van der Waals surface area contributed by atoms with E-state index >= 15 is 0 Å². The number of halogens is 1. The highest BCUT2D eigenvalue weighted by atomic mass is 35.5. The van der Waals surface area contributed by atoms with Gasteiger partial charge in [0.05, 0.1) is 15.8 Å². The van der Waals surface area contributed by atoms with Crippen LogP contribution in [0.5, 0.6) is 0 Å². The molecule has 6 heteroatoms. The van der Waals surface area contributed by atoms with E-state index in [4.69, 9.17) is 17.3 Å². The summed E-state index contributed by atoms with van der Waals surface area (Å²) in [6.07, 6.45) is 8.64. The Balaban J connectivity index is 1.59. The number of carbonyl (C=O) groups is 2. The number of nitrogens with two attached hydrogens (primary N) is 1. The van der Waals surface area contributed by atoms with Crippen LogP contribution in [0.15, 0.2) is 11.4 Å². The third-order valence-corrected chi connectivity index (χ3v) is 7.17. The molecule has 0 spiro atoms. The Bertz CT molecular complexity index is 612. The van der Waals surface area contributed by atoms with Crippen molar-refractivity contribution in [1.82, 2.24) is 4.90 Å². The molecule has 1 saturated heterocycles. The monoisotopic (exact) mass is 382 g/mol. The topological polar surface area (TPSA) is 63.4 Å². The molecule has 3 rings (SSSR count). The van der Waals surface area contributed by atoms with E-state index in [0.29, 0.717) is 22.9 Å². The largest absolute Gasteiger partial charge is 0.369 e. The maximum atomic E-state index is 12.8. The lowest BCUT2D eigenvalue weighted by molar-refractivity contribution is -0.124. The molecule has 0 aromatic carbocycles. The maximum Gasteiger partial charge on any atom is 0.222 e.